The van der Waals surface area contributed by atoms with Crippen LogP contribution in [0.3, 0.4) is 0 Å². The van der Waals surface area contributed by atoms with E-state index in [0.717, 1.165) is 19.4 Å². The molecule has 1 saturated heterocycles. The highest BCUT2D eigenvalue weighted by atomic mass is 15.2. The highest BCUT2D eigenvalue weighted by molar-refractivity contribution is 5.85. The predicted molar refractivity (Wildman–Crippen MR) is 74.3 cm³/mol. The minimum Gasteiger partial charge on any atom is -0.327 e. The number of aromatic nitrogens is 1. The van der Waals surface area contributed by atoms with Crippen molar-refractivity contribution in [2.75, 3.05) is 13.6 Å². The van der Waals surface area contributed by atoms with E-state index in [-0.39, 0.29) is 0 Å². The number of hydrogen-bond donors (Lipinski definition) is 1. The van der Waals surface area contributed by atoms with Gasteiger partial charge in [0, 0.05) is 36.4 Å². The summed E-state index contributed by atoms with van der Waals surface area (Å²) in [4.78, 5) is 6.74. The number of hydrogen-bond acceptors (Lipinski definition) is 3. The van der Waals surface area contributed by atoms with E-state index in [0.29, 0.717) is 12.1 Å². The molecule has 1 aliphatic heterocycles. The Labute approximate surface area is 108 Å². The lowest BCUT2D eigenvalue weighted by molar-refractivity contribution is 0.170. The third-order valence-electron chi connectivity index (χ3n) is 3.92. The van der Waals surface area contributed by atoms with Gasteiger partial charge >= 0.3 is 0 Å². The lowest BCUT2D eigenvalue weighted by Gasteiger charge is -2.36. The van der Waals surface area contributed by atoms with Crippen LogP contribution < -0.4 is 5.73 Å². The average Bonchev–Trinajstić information content (AvgIpc) is 2.38. The van der Waals surface area contributed by atoms with Crippen molar-refractivity contribution in [2.45, 2.75) is 24.9 Å². The van der Waals surface area contributed by atoms with Crippen LogP contribution in [0.1, 0.15) is 24.4 Å². The van der Waals surface area contributed by atoms with Gasteiger partial charge < -0.3 is 5.73 Å². The number of rotatable bonds is 1. The first-order valence-electron chi connectivity index (χ1n) is 6.54. The zero-order valence-corrected chi connectivity index (χ0v) is 10.7. The Kier molecular flexibility index (Phi) is 3.02. The second-order valence-electron chi connectivity index (χ2n) is 5.24. The van der Waals surface area contributed by atoms with Gasteiger partial charge in [-0.3, -0.25) is 9.88 Å². The number of nitrogens with zero attached hydrogens (tertiary/aromatic N) is 2. The van der Waals surface area contributed by atoms with Gasteiger partial charge in [-0.2, -0.15) is 0 Å². The molecule has 18 heavy (non-hydrogen) atoms. The Hall–Kier alpha value is -1.45. The molecule has 0 saturated carbocycles. The summed E-state index contributed by atoms with van der Waals surface area (Å²) in [6, 6.07) is 9.24. The van der Waals surface area contributed by atoms with Crippen LogP contribution in [0.25, 0.3) is 10.8 Å². The number of likely N-dealkylation sites (tertiary alicyclic amines) is 1. The zero-order chi connectivity index (χ0) is 12.5. The molecular weight excluding hydrogens is 222 g/mol. The normalized spacial score (nSPS) is 25.4. The van der Waals surface area contributed by atoms with Crippen LogP contribution in [-0.4, -0.2) is 29.5 Å². The number of fused-ring (bicyclic) bond motifs is 1. The van der Waals surface area contributed by atoms with E-state index in [2.05, 4.69) is 41.2 Å². The molecule has 2 aromatic rings. The van der Waals surface area contributed by atoms with Gasteiger partial charge in [0.1, 0.15) is 0 Å². The second kappa shape index (κ2) is 4.67. The molecule has 1 aliphatic rings. The van der Waals surface area contributed by atoms with E-state index < -0.39 is 0 Å². The van der Waals surface area contributed by atoms with Crippen molar-refractivity contribution in [1.82, 2.24) is 9.88 Å². The Morgan fingerprint density at radius 1 is 1.22 bits per heavy atom. The molecule has 1 aromatic heterocycles. The van der Waals surface area contributed by atoms with Crippen LogP contribution in [0.15, 0.2) is 36.7 Å². The van der Waals surface area contributed by atoms with E-state index >= 15 is 0 Å². The van der Waals surface area contributed by atoms with Gasteiger partial charge in [0.25, 0.3) is 0 Å². The highest BCUT2D eigenvalue weighted by Gasteiger charge is 2.26. The van der Waals surface area contributed by atoms with Crippen LogP contribution in [-0.2, 0) is 0 Å². The zero-order valence-electron chi connectivity index (χ0n) is 10.7. The molecule has 0 aliphatic carbocycles. The Morgan fingerprint density at radius 2 is 2.06 bits per heavy atom. The summed E-state index contributed by atoms with van der Waals surface area (Å²) >= 11 is 0. The van der Waals surface area contributed by atoms with Crippen molar-refractivity contribution in [1.29, 1.82) is 0 Å². The summed E-state index contributed by atoms with van der Waals surface area (Å²) in [5, 5.41) is 2.54. The first-order chi connectivity index (χ1) is 8.75. The first-order valence-corrected chi connectivity index (χ1v) is 6.54. The molecule has 0 bridgehead atoms. The van der Waals surface area contributed by atoms with Crippen LogP contribution in [0.5, 0.6) is 0 Å². The fraction of sp³-hybridized carbons (Fsp3) is 0.400. The van der Waals surface area contributed by atoms with Gasteiger partial charge in [0.15, 0.2) is 0 Å². The van der Waals surface area contributed by atoms with Gasteiger partial charge in [0.05, 0.1) is 0 Å². The fourth-order valence-electron chi connectivity index (χ4n) is 2.98. The molecule has 3 rings (SSSR count). The molecule has 3 heteroatoms. The van der Waals surface area contributed by atoms with Gasteiger partial charge in [-0.15, -0.1) is 0 Å². The first kappa shape index (κ1) is 11.6. The highest BCUT2D eigenvalue weighted by Crippen LogP contribution is 2.32. The molecule has 2 unspecified atom stereocenters. The standard InChI is InChI=1S/C15H19N3/c1-18-10-12(16)6-7-15(18)14-9-17-8-11-4-2-3-5-13(11)14/h2-5,8-9,12,15H,6-7,10,16H2,1H3. The number of nitrogens with two attached hydrogens (primary N) is 1. The summed E-state index contributed by atoms with van der Waals surface area (Å²) in [6.07, 6.45) is 6.17. The number of pyridine rings is 1. The Balaban J connectivity index is 2.04. The largest absolute Gasteiger partial charge is 0.327 e. The molecule has 94 valence electrons. The molecule has 3 nitrogen and oxygen atoms in total. The van der Waals surface area contributed by atoms with E-state index in [1.165, 1.54) is 16.3 Å². The predicted octanol–water partition coefficient (Wildman–Crippen LogP) is 2.33. The summed E-state index contributed by atoms with van der Waals surface area (Å²) in [7, 11) is 2.16. The molecular formula is C15H19N3. The molecule has 0 radical (unpaired) electrons. The van der Waals surface area contributed by atoms with Crippen molar-refractivity contribution in [3.8, 4) is 0 Å². The molecule has 2 heterocycles. The van der Waals surface area contributed by atoms with E-state index in [1.807, 2.05) is 12.4 Å². The van der Waals surface area contributed by atoms with Crippen molar-refractivity contribution >= 4 is 10.8 Å². The molecule has 2 atom stereocenters. The molecule has 0 amide bonds. The maximum atomic E-state index is 6.02. The summed E-state index contributed by atoms with van der Waals surface area (Å²) in [6.45, 7) is 0.966. The fourth-order valence-corrected chi connectivity index (χ4v) is 2.98. The van der Waals surface area contributed by atoms with Gasteiger partial charge in [-0.05, 0) is 30.8 Å². The van der Waals surface area contributed by atoms with Crippen molar-refractivity contribution in [2.24, 2.45) is 5.73 Å². The van der Waals surface area contributed by atoms with Crippen LogP contribution in [0.4, 0.5) is 0 Å². The van der Waals surface area contributed by atoms with Gasteiger partial charge in [-0.1, -0.05) is 24.3 Å². The second-order valence-corrected chi connectivity index (χ2v) is 5.24. The van der Waals surface area contributed by atoms with E-state index in [1.54, 1.807) is 0 Å². The topological polar surface area (TPSA) is 42.1 Å². The molecule has 0 spiro atoms. The monoisotopic (exact) mass is 241 g/mol. The molecule has 1 aromatic carbocycles. The number of piperidine rings is 1. The molecule has 1 fully saturated rings. The molecule has 2 N–H and O–H groups in total. The van der Waals surface area contributed by atoms with Crippen molar-refractivity contribution in [3.63, 3.8) is 0 Å². The average molecular weight is 241 g/mol. The SMILES string of the molecule is CN1CC(N)CCC1c1cncc2ccccc12. The minimum absolute atomic E-state index is 0.314. The van der Waals surface area contributed by atoms with Crippen LogP contribution in [0.2, 0.25) is 0 Å². The maximum absolute atomic E-state index is 6.02. The van der Waals surface area contributed by atoms with Crippen molar-refractivity contribution < 1.29 is 0 Å². The summed E-state index contributed by atoms with van der Waals surface area (Å²) < 4.78 is 0. The Morgan fingerprint density at radius 3 is 2.89 bits per heavy atom. The van der Waals surface area contributed by atoms with Gasteiger partial charge in [0.2, 0.25) is 0 Å². The lowest BCUT2D eigenvalue weighted by Crippen LogP contribution is -2.42. The third kappa shape index (κ3) is 2.00. The maximum Gasteiger partial charge on any atom is 0.0367 e. The number of benzene rings is 1. The minimum atomic E-state index is 0.314. The quantitative estimate of drug-likeness (QED) is 0.833. The van der Waals surface area contributed by atoms with E-state index in [9.17, 15) is 0 Å². The van der Waals surface area contributed by atoms with Crippen molar-refractivity contribution in [3.05, 3.63) is 42.2 Å². The van der Waals surface area contributed by atoms with Crippen LogP contribution >= 0.6 is 0 Å². The Bertz CT molecular complexity index is 547. The summed E-state index contributed by atoms with van der Waals surface area (Å²) in [5.41, 5.74) is 7.36. The van der Waals surface area contributed by atoms with Crippen LogP contribution in [0, 0.1) is 0 Å². The van der Waals surface area contributed by atoms with Gasteiger partial charge in [-0.25, -0.2) is 0 Å². The smallest absolute Gasteiger partial charge is 0.0367 e. The lowest BCUT2D eigenvalue weighted by atomic mass is 9.92. The third-order valence-corrected chi connectivity index (χ3v) is 3.92. The number of likely N-dealkylation sites (N-methyl/N-ethyl adjacent to an activating group) is 1. The summed E-state index contributed by atoms with van der Waals surface area (Å²) in [5.74, 6) is 0. The van der Waals surface area contributed by atoms with E-state index in [4.69, 9.17) is 5.73 Å².